The van der Waals surface area contributed by atoms with E-state index in [1.54, 1.807) is 13.8 Å². The Morgan fingerprint density at radius 2 is 1.09 bits per heavy atom. The average Bonchev–Trinajstić information content (AvgIpc) is 2.75. The summed E-state index contributed by atoms with van der Waals surface area (Å²) in [6.45, 7) is 13.3. The number of pyridine rings is 2. The maximum absolute atomic E-state index is 12.3. The molecule has 186 valence electrons. The van der Waals surface area contributed by atoms with Crippen LogP contribution in [0, 0.1) is 27.7 Å². The van der Waals surface area contributed by atoms with E-state index < -0.39 is 0 Å². The van der Waals surface area contributed by atoms with Gasteiger partial charge in [0.25, 0.3) is 0 Å². The van der Waals surface area contributed by atoms with E-state index in [2.05, 4.69) is 20.6 Å². The summed E-state index contributed by atoms with van der Waals surface area (Å²) in [7, 11) is 0. The average molecular weight is 471 g/mol. The zero-order valence-electron chi connectivity index (χ0n) is 21.3. The minimum absolute atomic E-state index is 0.332. The highest BCUT2D eigenvalue weighted by Crippen LogP contribution is 2.21. The molecular formula is C26H38N4O4. The zero-order chi connectivity index (χ0) is 25.1. The molecular weight excluding hydrogens is 432 g/mol. The molecule has 8 nitrogen and oxygen atoms in total. The maximum atomic E-state index is 12.3. The van der Waals surface area contributed by atoms with Gasteiger partial charge in [-0.1, -0.05) is 12.8 Å². The van der Waals surface area contributed by atoms with Crippen molar-refractivity contribution >= 4 is 23.6 Å². The Hall–Kier alpha value is -3.16. The topological polar surface area (TPSA) is 102 Å². The number of aryl methyl sites for hydroxylation is 4. The Morgan fingerprint density at radius 3 is 1.44 bits per heavy atom. The van der Waals surface area contributed by atoms with Crippen molar-refractivity contribution in [2.24, 2.45) is 0 Å². The molecule has 2 aromatic rings. The first-order valence-corrected chi connectivity index (χ1v) is 12.1. The van der Waals surface area contributed by atoms with Crippen molar-refractivity contribution in [2.75, 3.05) is 36.9 Å². The van der Waals surface area contributed by atoms with Crippen LogP contribution in [0.2, 0.25) is 0 Å². The molecule has 2 rings (SSSR count). The Labute approximate surface area is 202 Å². The number of nitrogens with zero attached hydrogens (tertiary/aromatic N) is 2. The summed E-state index contributed by atoms with van der Waals surface area (Å²) in [5.74, 6) is 0.488. The number of carbonyl (C=O) groups excluding carboxylic acids is 2. The SMILES string of the molecule is CCOC(=O)c1c(C)cc(C)nc1NCCCCCCNc1nc(C)cc(C)c1C(=O)OCC. The molecule has 0 saturated heterocycles. The summed E-state index contributed by atoms with van der Waals surface area (Å²) >= 11 is 0. The number of esters is 2. The van der Waals surface area contributed by atoms with Crippen LogP contribution in [0.3, 0.4) is 0 Å². The first-order valence-electron chi connectivity index (χ1n) is 12.1. The van der Waals surface area contributed by atoms with Crippen LogP contribution in [0.5, 0.6) is 0 Å². The molecule has 0 aromatic carbocycles. The lowest BCUT2D eigenvalue weighted by Gasteiger charge is -2.14. The summed E-state index contributed by atoms with van der Waals surface area (Å²) in [6, 6.07) is 3.78. The van der Waals surface area contributed by atoms with E-state index in [4.69, 9.17) is 9.47 Å². The van der Waals surface area contributed by atoms with Gasteiger partial charge in [-0.15, -0.1) is 0 Å². The predicted molar refractivity (Wildman–Crippen MR) is 135 cm³/mol. The normalized spacial score (nSPS) is 10.6. The van der Waals surface area contributed by atoms with Gasteiger partial charge in [0.05, 0.1) is 13.2 Å². The van der Waals surface area contributed by atoms with Crippen LogP contribution in [0.15, 0.2) is 12.1 Å². The second-order valence-corrected chi connectivity index (χ2v) is 8.32. The molecule has 8 heteroatoms. The molecule has 0 fully saturated rings. The molecule has 34 heavy (non-hydrogen) atoms. The van der Waals surface area contributed by atoms with Gasteiger partial charge < -0.3 is 20.1 Å². The van der Waals surface area contributed by atoms with Crippen LogP contribution in [-0.4, -0.2) is 48.2 Å². The van der Waals surface area contributed by atoms with Gasteiger partial charge in [0.1, 0.15) is 22.8 Å². The van der Waals surface area contributed by atoms with Gasteiger partial charge in [-0.25, -0.2) is 19.6 Å². The Bertz CT molecular complexity index is 912. The van der Waals surface area contributed by atoms with Gasteiger partial charge in [-0.05, 0) is 77.6 Å². The molecule has 0 atom stereocenters. The molecule has 0 spiro atoms. The highest BCUT2D eigenvalue weighted by atomic mass is 16.5. The number of rotatable bonds is 13. The van der Waals surface area contributed by atoms with Crippen LogP contribution in [-0.2, 0) is 9.47 Å². The van der Waals surface area contributed by atoms with Gasteiger partial charge in [-0.3, -0.25) is 0 Å². The standard InChI is InChI=1S/C26H38N4O4/c1-7-33-25(31)21-17(3)15-19(5)29-23(21)27-13-11-9-10-12-14-28-24-22(26(32)34-8-2)18(4)16-20(6)30-24/h15-16H,7-14H2,1-6H3,(H,27,29)(H,28,30). The fraction of sp³-hybridized carbons (Fsp3) is 0.538. The number of carbonyl (C=O) groups is 2. The van der Waals surface area contributed by atoms with E-state index in [0.717, 1.165) is 61.3 Å². The number of unbranched alkanes of at least 4 members (excludes halogenated alkanes) is 3. The summed E-state index contributed by atoms with van der Waals surface area (Å²) in [5.41, 5.74) is 4.47. The molecule has 2 heterocycles. The first-order chi connectivity index (χ1) is 16.3. The summed E-state index contributed by atoms with van der Waals surface area (Å²) < 4.78 is 10.4. The lowest BCUT2D eigenvalue weighted by Crippen LogP contribution is -2.15. The van der Waals surface area contributed by atoms with Crippen molar-refractivity contribution in [1.29, 1.82) is 0 Å². The monoisotopic (exact) mass is 470 g/mol. The van der Waals surface area contributed by atoms with Gasteiger partial charge in [0.15, 0.2) is 0 Å². The van der Waals surface area contributed by atoms with Gasteiger partial charge in [0, 0.05) is 24.5 Å². The predicted octanol–water partition coefficient (Wildman–Crippen LogP) is 5.15. The number of hydrogen-bond acceptors (Lipinski definition) is 8. The lowest BCUT2D eigenvalue weighted by atomic mass is 10.1. The maximum Gasteiger partial charge on any atom is 0.342 e. The van der Waals surface area contributed by atoms with Gasteiger partial charge >= 0.3 is 11.9 Å². The summed E-state index contributed by atoms with van der Waals surface area (Å²) in [5, 5.41) is 6.61. The first kappa shape index (κ1) is 27.1. The molecule has 0 saturated carbocycles. The molecule has 0 unspecified atom stereocenters. The molecule has 0 aliphatic heterocycles. The quantitative estimate of drug-likeness (QED) is 0.306. The van der Waals surface area contributed by atoms with Crippen molar-refractivity contribution in [1.82, 2.24) is 9.97 Å². The second kappa shape index (κ2) is 13.5. The largest absolute Gasteiger partial charge is 0.462 e. The number of hydrogen-bond donors (Lipinski definition) is 2. The number of nitrogens with one attached hydrogen (secondary N) is 2. The third kappa shape index (κ3) is 7.71. The van der Waals surface area contributed by atoms with Crippen LogP contribution in [0.1, 0.15) is 82.8 Å². The zero-order valence-corrected chi connectivity index (χ0v) is 21.3. The number of ether oxygens (including phenoxy) is 2. The summed E-state index contributed by atoms with van der Waals surface area (Å²) in [6.07, 6.45) is 3.96. The molecule has 2 aromatic heterocycles. The Kier molecular flexibility index (Phi) is 10.8. The van der Waals surface area contributed by atoms with Crippen molar-refractivity contribution in [3.8, 4) is 0 Å². The van der Waals surface area contributed by atoms with E-state index in [9.17, 15) is 9.59 Å². The number of aromatic nitrogens is 2. The van der Waals surface area contributed by atoms with Crippen LogP contribution in [0.4, 0.5) is 11.6 Å². The van der Waals surface area contributed by atoms with Crippen LogP contribution in [0.25, 0.3) is 0 Å². The lowest BCUT2D eigenvalue weighted by molar-refractivity contribution is 0.0516. The van der Waals surface area contributed by atoms with E-state index in [-0.39, 0.29) is 11.9 Å². The minimum Gasteiger partial charge on any atom is -0.462 e. The molecule has 0 amide bonds. The third-order valence-corrected chi connectivity index (χ3v) is 5.34. The van der Waals surface area contributed by atoms with Crippen molar-refractivity contribution in [3.63, 3.8) is 0 Å². The second-order valence-electron chi connectivity index (χ2n) is 8.32. The van der Waals surface area contributed by atoms with Crippen LogP contribution >= 0.6 is 0 Å². The Morgan fingerprint density at radius 1 is 0.706 bits per heavy atom. The summed E-state index contributed by atoms with van der Waals surface area (Å²) in [4.78, 5) is 33.6. The van der Waals surface area contributed by atoms with E-state index in [1.807, 2.05) is 39.8 Å². The van der Waals surface area contributed by atoms with Crippen molar-refractivity contribution in [2.45, 2.75) is 67.2 Å². The van der Waals surface area contributed by atoms with Gasteiger partial charge in [0.2, 0.25) is 0 Å². The van der Waals surface area contributed by atoms with Crippen LogP contribution < -0.4 is 10.6 Å². The van der Waals surface area contributed by atoms with E-state index in [1.165, 1.54) is 0 Å². The van der Waals surface area contributed by atoms with Gasteiger partial charge in [-0.2, -0.15) is 0 Å². The molecule has 0 aliphatic carbocycles. The van der Waals surface area contributed by atoms with E-state index in [0.29, 0.717) is 36.0 Å². The smallest absolute Gasteiger partial charge is 0.342 e. The Balaban J connectivity index is 1.81. The molecule has 0 aliphatic rings. The molecule has 0 bridgehead atoms. The number of anilines is 2. The molecule has 2 N–H and O–H groups in total. The highest BCUT2D eigenvalue weighted by Gasteiger charge is 2.18. The van der Waals surface area contributed by atoms with Crippen molar-refractivity contribution in [3.05, 3.63) is 45.8 Å². The van der Waals surface area contributed by atoms with E-state index >= 15 is 0 Å². The fourth-order valence-electron chi connectivity index (χ4n) is 3.87. The van der Waals surface area contributed by atoms with Crippen molar-refractivity contribution < 1.29 is 19.1 Å². The minimum atomic E-state index is -0.344. The fourth-order valence-corrected chi connectivity index (χ4v) is 3.87. The molecule has 0 radical (unpaired) electrons. The third-order valence-electron chi connectivity index (χ3n) is 5.34. The highest BCUT2D eigenvalue weighted by molar-refractivity contribution is 5.97.